The van der Waals surface area contributed by atoms with Crippen LogP contribution >= 0.6 is 0 Å². The van der Waals surface area contributed by atoms with Gasteiger partial charge in [0.15, 0.2) is 0 Å². The molecule has 1 fully saturated rings. The van der Waals surface area contributed by atoms with E-state index in [1.165, 1.54) is 11.6 Å². The van der Waals surface area contributed by atoms with E-state index in [4.69, 9.17) is 0 Å². The van der Waals surface area contributed by atoms with Crippen LogP contribution in [0.3, 0.4) is 0 Å². The minimum absolute atomic E-state index is 0.00268. The van der Waals surface area contributed by atoms with Gasteiger partial charge in [0.25, 0.3) is 5.56 Å². The van der Waals surface area contributed by atoms with Crippen LogP contribution in [0.15, 0.2) is 60.0 Å². The SMILES string of the molecule is C=CC(=O)N1CCN(Cc2ccc([C@H](C)Nc3ncc4ccc(=O)n(C(C)C)c4n3)cc2)CC1. The van der Waals surface area contributed by atoms with E-state index in [2.05, 4.69) is 58.0 Å². The molecule has 1 saturated heterocycles. The van der Waals surface area contributed by atoms with E-state index >= 15 is 0 Å². The molecule has 0 aliphatic carbocycles. The van der Waals surface area contributed by atoms with Crippen LogP contribution in [0.25, 0.3) is 11.0 Å². The monoisotopic (exact) mass is 460 g/mol. The van der Waals surface area contributed by atoms with Gasteiger partial charge in [0.05, 0.1) is 6.04 Å². The van der Waals surface area contributed by atoms with E-state index < -0.39 is 0 Å². The maximum absolute atomic E-state index is 12.3. The van der Waals surface area contributed by atoms with Gasteiger partial charge in [0, 0.05) is 56.4 Å². The van der Waals surface area contributed by atoms with Crippen LogP contribution < -0.4 is 10.9 Å². The summed E-state index contributed by atoms with van der Waals surface area (Å²) in [5, 5.41) is 4.20. The molecule has 178 valence electrons. The smallest absolute Gasteiger partial charge is 0.252 e. The first-order valence-corrected chi connectivity index (χ1v) is 11.7. The maximum atomic E-state index is 12.3. The first kappa shape index (κ1) is 23.6. The van der Waals surface area contributed by atoms with Crippen molar-refractivity contribution < 1.29 is 4.79 Å². The van der Waals surface area contributed by atoms with Crippen molar-refractivity contribution >= 4 is 22.9 Å². The third-order valence-electron chi connectivity index (χ3n) is 6.27. The average Bonchev–Trinajstić information content (AvgIpc) is 2.84. The molecule has 0 spiro atoms. The normalized spacial score (nSPS) is 15.5. The number of hydrogen-bond donors (Lipinski definition) is 1. The van der Waals surface area contributed by atoms with Crippen molar-refractivity contribution in [3.63, 3.8) is 0 Å². The van der Waals surface area contributed by atoms with Crippen LogP contribution in [0, 0.1) is 0 Å². The molecule has 3 aromatic rings. The lowest BCUT2D eigenvalue weighted by molar-refractivity contribution is -0.127. The fraction of sp³-hybridized carbons (Fsp3) is 0.385. The second-order valence-corrected chi connectivity index (χ2v) is 9.02. The Hall–Kier alpha value is -3.52. The first-order valence-electron chi connectivity index (χ1n) is 11.7. The van der Waals surface area contributed by atoms with E-state index in [-0.39, 0.29) is 23.6 Å². The zero-order chi connectivity index (χ0) is 24.2. The lowest BCUT2D eigenvalue weighted by Gasteiger charge is -2.34. The Labute approximate surface area is 199 Å². The number of nitrogens with zero attached hydrogens (tertiary/aromatic N) is 5. The van der Waals surface area contributed by atoms with Crippen molar-refractivity contribution in [2.75, 3.05) is 31.5 Å². The van der Waals surface area contributed by atoms with E-state index in [9.17, 15) is 9.59 Å². The Kier molecular flexibility index (Phi) is 7.07. The summed E-state index contributed by atoms with van der Waals surface area (Å²) in [4.78, 5) is 37.4. The standard InChI is InChI=1S/C26H32N6O2/c1-5-23(33)31-14-12-30(13-15-31)17-20-6-8-21(9-7-20)19(4)28-26-27-16-22-10-11-24(34)32(18(2)3)25(22)29-26/h5-11,16,18-19H,1,12-15,17H2,2-4H3,(H,27,28,29)/t19-/m0/s1. The summed E-state index contributed by atoms with van der Waals surface area (Å²) in [6.07, 6.45) is 3.14. The number of amides is 1. The zero-order valence-corrected chi connectivity index (χ0v) is 20.1. The molecule has 2 aromatic heterocycles. The Morgan fingerprint density at radius 2 is 1.79 bits per heavy atom. The molecule has 0 saturated carbocycles. The van der Waals surface area contributed by atoms with Crippen LogP contribution in [0.5, 0.6) is 0 Å². The van der Waals surface area contributed by atoms with Gasteiger partial charge in [-0.05, 0) is 44.0 Å². The van der Waals surface area contributed by atoms with Crippen LogP contribution in [-0.2, 0) is 11.3 Å². The Morgan fingerprint density at radius 1 is 1.09 bits per heavy atom. The van der Waals surface area contributed by atoms with Gasteiger partial charge >= 0.3 is 0 Å². The second-order valence-electron chi connectivity index (χ2n) is 9.02. The highest BCUT2D eigenvalue weighted by Gasteiger charge is 2.19. The molecule has 8 heteroatoms. The third-order valence-corrected chi connectivity index (χ3v) is 6.27. The number of piperazine rings is 1. The predicted octanol–water partition coefficient (Wildman–Crippen LogP) is 3.38. The fourth-order valence-corrected chi connectivity index (χ4v) is 4.31. The largest absolute Gasteiger partial charge is 0.348 e. The number of rotatable bonds is 7. The Balaban J connectivity index is 1.40. The lowest BCUT2D eigenvalue weighted by Crippen LogP contribution is -2.47. The molecule has 1 aromatic carbocycles. The van der Waals surface area contributed by atoms with Gasteiger partial charge in [-0.2, -0.15) is 4.98 Å². The molecule has 0 radical (unpaired) electrons. The van der Waals surface area contributed by atoms with Crippen molar-refractivity contribution in [2.24, 2.45) is 0 Å². The molecular weight excluding hydrogens is 428 g/mol. The highest BCUT2D eigenvalue weighted by Crippen LogP contribution is 2.20. The van der Waals surface area contributed by atoms with E-state index in [0.29, 0.717) is 11.6 Å². The van der Waals surface area contributed by atoms with Crippen molar-refractivity contribution in [1.29, 1.82) is 0 Å². The number of nitrogens with one attached hydrogen (secondary N) is 1. The maximum Gasteiger partial charge on any atom is 0.252 e. The number of carbonyl (C=O) groups is 1. The van der Waals surface area contributed by atoms with Crippen molar-refractivity contribution in [2.45, 2.75) is 39.4 Å². The second kappa shape index (κ2) is 10.2. The predicted molar refractivity (Wildman–Crippen MR) is 135 cm³/mol. The van der Waals surface area contributed by atoms with Gasteiger partial charge in [-0.1, -0.05) is 30.8 Å². The quantitative estimate of drug-likeness (QED) is 0.545. The number of aromatic nitrogens is 3. The summed E-state index contributed by atoms with van der Waals surface area (Å²) in [5.74, 6) is 0.504. The minimum atomic E-state index is -0.0653. The number of hydrogen-bond acceptors (Lipinski definition) is 6. The zero-order valence-electron chi connectivity index (χ0n) is 20.1. The summed E-state index contributed by atoms with van der Waals surface area (Å²) >= 11 is 0. The molecule has 1 atom stereocenters. The van der Waals surface area contributed by atoms with Gasteiger partial charge in [0.1, 0.15) is 5.65 Å². The molecule has 1 aliphatic rings. The summed E-state index contributed by atoms with van der Waals surface area (Å²) in [7, 11) is 0. The number of carbonyl (C=O) groups excluding carboxylic acids is 1. The Bertz CT molecular complexity index is 1230. The fourth-order valence-electron chi connectivity index (χ4n) is 4.31. The molecule has 3 heterocycles. The molecular formula is C26H32N6O2. The van der Waals surface area contributed by atoms with Crippen molar-refractivity contribution in [3.8, 4) is 0 Å². The topological polar surface area (TPSA) is 83.4 Å². The third kappa shape index (κ3) is 5.17. The van der Waals surface area contributed by atoms with E-state index in [1.807, 2.05) is 18.7 Å². The molecule has 1 aliphatic heterocycles. The Morgan fingerprint density at radius 3 is 2.44 bits per heavy atom. The van der Waals surface area contributed by atoms with Crippen LogP contribution in [0.2, 0.25) is 0 Å². The lowest BCUT2D eigenvalue weighted by atomic mass is 10.1. The molecule has 1 N–H and O–H groups in total. The first-order chi connectivity index (χ1) is 16.4. The van der Waals surface area contributed by atoms with Gasteiger partial charge in [-0.25, -0.2) is 4.98 Å². The van der Waals surface area contributed by atoms with E-state index in [0.717, 1.165) is 43.7 Å². The molecule has 0 unspecified atom stereocenters. The van der Waals surface area contributed by atoms with Gasteiger partial charge in [0.2, 0.25) is 11.9 Å². The highest BCUT2D eigenvalue weighted by molar-refractivity contribution is 5.87. The number of anilines is 1. The van der Waals surface area contributed by atoms with E-state index in [1.54, 1.807) is 22.9 Å². The summed E-state index contributed by atoms with van der Waals surface area (Å²) < 4.78 is 1.69. The summed E-state index contributed by atoms with van der Waals surface area (Å²) in [6.45, 7) is 13.6. The van der Waals surface area contributed by atoms with Crippen molar-refractivity contribution in [3.05, 3.63) is 76.7 Å². The molecule has 1 amide bonds. The highest BCUT2D eigenvalue weighted by atomic mass is 16.2. The van der Waals surface area contributed by atoms with Crippen LogP contribution in [-0.4, -0.2) is 56.4 Å². The number of benzene rings is 1. The summed E-state index contributed by atoms with van der Waals surface area (Å²) in [6, 6.07) is 11.9. The minimum Gasteiger partial charge on any atom is -0.348 e. The number of pyridine rings is 1. The van der Waals surface area contributed by atoms with Crippen molar-refractivity contribution in [1.82, 2.24) is 24.3 Å². The van der Waals surface area contributed by atoms with Gasteiger partial charge in [-0.3, -0.25) is 19.1 Å². The molecule has 8 nitrogen and oxygen atoms in total. The van der Waals surface area contributed by atoms with Gasteiger partial charge < -0.3 is 10.2 Å². The van der Waals surface area contributed by atoms with Crippen LogP contribution in [0.1, 0.15) is 44.0 Å². The van der Waals surface area contributed by atoms with Crippen LogP contribution in [0.4, 0.5) is 5.95 Å². The average molecular weight is 461 g/mol. The molecule has 34 heavy (non-hydrogen) atoms. The number of fused-ring (bicyclic) bond motifs is 1. The summed E-state index contributed by atoms with van der Waals surface area (Å²) in [5.41, 5.74) is 2.94. The molecule has 4 rings (SSSR count). The van der Waals surface area contributed by atoms with Gasteiger partial charge in [-0.15, -0.1) is 0 Å². The molecule has 0 bridgehead atoms.